The van der Waals surface area contributed by atoms with E-state index in [9.17, 15) is 0 Å². The van der Waals surface area contributed by atoms with Crippen molar-refractivity contribution in [3.8, 4) is 11.8 Å². The highest BCUT2D eigenvalue weighted by Crippen LogP contribution is 2.25. The minimum absolute atomic E-state index is 0.457. The molecular weight excluding hydrogens is 278 g/mol. The number of piperidine rings is 1. The number of rotatable bonds is 6. The molecule has 0 bridgehead atoms. The number of hydrogen-bond acceptors (Lipinski definition) is 5. The van der Waals surface area contributed by atoms with Crippen molar-refractivity contribution in [1.82, 2.24) is 15.3 Å². The number of hydrogen-bond donors (Lipinski definition) is 1. The molecule has 2 aromatic rings. The second-order valence-corrected chi connectivity index (χ2v) is 5.73. The lowest BCUT2D eigenvalue weighted by molar-refractivity contribution is 0.253. The number of methoxy groups -OCH3 is 1. The molecule has 22 heavy (non-hydrogen) atoms. The van der Waals surface area contributed by atoms with Gasteiger partial charge in [0.15, 0.2) is 0 Å². The third kappa shape index (κ3) is 3.65. The molecule has 0 spiro atoms. The Morgan fingerprint density at radius 3 is 2.64 bits per heavy atom. The predicted octanol–water partition coefficient (Wildman–Crippen LogP) is 2.80. The van der Waals surface area contributed by atoms with Crippen molar-refractivity contribution in [2.75, 3.05) is 26.8 Å². The zero-order valence-electron chi connectivity index (χ0n) is 13.0. The molecule has 1 aliphatic rings. The molecule has 1 saturated heterocycles. The van der Waals surface area contributed by atoms with Crippen LogP contribution in [0, 0.1) is 5.92 Å². The van der Waals surface area contributed by atoms with E-state index in [2.05, 4.69) is 15.3 Å². The molecule has 1 aromatic carbocycles. The van der Waals surface area contributed by atoms with Gasteiger partial charge in [-0.15, -0.1) is 0 Å². The third-order valence-corrected chi connectivity index (χ3v) is 4.10. The molecule has 5 heteroatoms. The lowest BCUT2D eigenvalue weighted by atomic mass is 9.95. The first-order valence-electron chi connectivity index (χ1n) is 8.01. The topological polar surface area (TPSA) is 56.3 Å². The molecule has 0 aliphatic carbocycles. The maximum atomic E-state index is 5.81. The standard InChI is InChI=1S/C17H23N3O2/c1-21-16-17(20-15-9-3-2-8-14(15)19-16)22-11-5-7-13-6-4-10-18-12-13/h2-3,8-9,13,18H,4-7,10-12H2,1H3/t13-/m0/s1. The summed E-state index contributed by atoms with van der Waals surface area (Å²) in [5.41, 5.74) is 1.65. The van der Waals surface area contributed by atoms with E-state index in [1.807, 2.05) is 24.3 Å². The van der Waals surface area contributed by atoms with Gasteiger partial charge in [-0.3, -0.25) is 0 Å². The Kier molecular flexibility index (Phi) is 5.06. The van der Waals surface area contributed by atoms with E-state index in [4.69, 9.17) is 9.47 Å². The first-order valence-corrected chi connectivity index (χ1v) is 8.01. The van der Waals surface area contributed by atoms with Gasteiger partial charge in [-0.1, -0.05) is 12.1 Å². The molecule has 5 nitrogen and oxygen atoms in total. The maximum Gasteiger partial charge on any atom is 0.278 e. The van der Waals surface area contributed by atoms with Crippen molar-refractivity contribution in [2.45, 2.75) is 25.7 Å². The van der Waals surface area contributed by atoms with Crippen LogP contribution < -0.4 is 14.8 Å². The largest absolute Gasteiger partial charge is 0.477 e. The van der Waals surface area contributed by atoms with Crippen LogP contribution in [0.5, 0.6) is 11.8 Å². The van der Waals surface area contributed by atoms with E-state index in [0.29, 0.717) is 18.4 Å². The average molecular weight is 301 g/mol. The molecule has 1 N–H and O–H groups in total. The second-order valence-electron chi connectivity index (χ2n) is 5.73. The van der Waals surface area contributed by atoms with E-state index in [-0.39, 0.29) is 0 Å². The minimum Gasteiger partial charge on any atom is -0.477 e. The van der Waals surface area contributed by atoms with E-state index < -0.39 is 0 Å². The van der Waals surface area contributed by atoms with E-state index in [1.165, 1.54) is 19.3 Å². The van der Waals surface area contributed by atoms with Crippen LogP contribution in [0.1, 0.15) is 25.7 Å². The lowest BCUT2D eigenvalue weighted by Crippen LogP contribution is -2.29. The summed E-state index contributed by atoms with van der Waals surface area (Å²) in [6.45, 7) is 2.95. The third-order valence-electron chi connectivity index (χ3n) is 4.10. The molecule has 1 aliphatic heterocycles. The maximum absolute atomic E-state index is 5.81. The van der Waals surface area contributed by atoms with E-state index in [0.717, 1.165) is 36.5 Å². The molecule has 0 unspecified atom stereocenters. The van der Waals surface area contributed by atoms with Crippen LogP contribution in [0.25, 0.3) is 11.0 Å². The Morgan fingerprint density at radius 2 is 1.95 bits per heavy atom. The quantitative estimate of drug-likeness (QED) is 0.831. The Labute approximate surface area is 131 Å². The van der Waals surface area contributed by atoms with Gasteiger partial charge in [0, 0.05) is 0 Å². The number of nitrogens with one attached hydrogen (secondary N) is 1. The molecule has 0 amide bonds. The molecular formula is C17H23N3O2. The van der Waals surface area contributed by atoms with Crippen molar-refractivity contribution in [3.63, 3.8) is 0 Å². The Hall–Kier alpha value is -1.88. The van der Waals surface area contributed by atoms with Crippen molar-refractivity contribution in [2.24, 2.45) is 5.92 Å². The highest BCUT2D eigenvalue weighted by molar-refractivity contribution is 5.75. The van der Waals surface area contributed by atoms with Crippen LogP contribution in [0.15, 0.2) is 24.3 Å². The predicted molar refractivity (Wildman–Crippen MR) is 86.4 cm³/mol. The summed E-state index contributed by atoms with van der Waals surface area (Å²) in [6.07, 6.45) is 4.84. The normalized spacial score (nSPS) is 18.3. The molecule has 0 radical (unpaired) electrons. The monoisotopic (exact) mass is 301 g/mol. The molecule has 1 atom stereocenters. The fourth-order valence-corrected chi connectivity index (χ4v) is 2.91. The molecule has 0 saturated carbocycles. The highest BCUT2D eigenvalue weighted by atomic mass is 16.5. The van der Waals surface area contributed by atoms with Gasteiger partial charge >= 0.3 is 0 Å². The smallest absolute Gasteiger partial charge is 0.278 e. The van der Waals surface area contributed by atoms with Gasteiger partial charge in [0.05, 0.1) is 24.8 Å². The number of fused-ring (bicyclic) bond motifs is 1. The number of benzene rings is 1. The summed E-state index contributed by atoms with van der Waals surface area (Å²) < 4.78 is 11.1. The van der Waals surface area contributed by atoms with Gasteiger partial charge in [-0.2, -0.15) is 0 Å². The summed E-state index contributed by atoms with van der Waals surface area (Å²) >= 11 is 0. The summed E-state index contributed by atoms with van der Waals surface area (Å²) in [6, 6.07) is 7.74. The molecule has 1 fully saturated rings. The SMILES string of the molecule is COc1nc2ccccc2nc1OCCC[C@@H]1CCCNC1. The van der Waals surface area contributed by atoms with Gasteiger partial charge in [0.25, 0.3) is 11.8 Å². The summed E-state index contributed by atoms with van der Waals surface area (Å²) in [7, 11) is 1.60. The number of ether oxygens (including phenoxy) is 2. The van der Waals surface area contributed by atoms with E-state index >= 15 is 0 Å². The van der Waals surface area contributed by atoms with Crippen molar-refractivity contribution in [3.05, 3.63) is 24.3 Å². The van der Waals surface area contributed by atoms with Gasteiger partial charge in [-0.25, -0.2) is 9.97 Å². The van der Waals surface area contributed by atoms with Crippen molar-refractivity contribution < 1.29 is 9.47 Å². The van der Waals surface area contributed by atoms with Crippen LogP contribution in [0.4, 0.5) is 0 Å². The second kappa shape index (κ2) is 7.40. The zero-order valence-corrected chi connectivity index (χ0v) is 13.0. The number of para-hydroxylation sites is 2. The fourth-order valence-electron chi connectivity index (χ4n) is 2.91. The van der Waals surface area contributed by atoms with Crippen molar-refractivity contribution >= 4 is 11.0 Å². The number of aromatic nitrogens is 2. The first-order chi connectivity index (χ1) is 10.9. The average Bonchev–Trinajstić information content (AvgIpc) is 2.59. The Morgan fingerprint density at radius 1 is 1.18 bits per heavy atom. The van der Waals surface area contributed by atoms with Gasteiger partial charge in [0.1, 0.15) is 0 Å². The lowest BCUT2D eigenvalue weighted by Gasteiger charge is -2.22. The number of nitrogens with zero attached hydrogens (tertiary/aromatic N) is 2. The summed E-state index contributed by atoms with van der Waals surface area (Å²) in [5, 5.41) is 3.45. The van der Waals surface area contributed by atoms with E-state index in [1.54, 1.807) is 7.11 Å². The van der Waals surface area contributed by atoms with Gasteiger partial charge < -0.3 is 14.8 Å². The van der Waals surface area contributed by atoms with Crippen LogP contribution >= 0.6 is 0 Å². The zero-order chi connectivity index (χ0) is 15.2. The summed E-state index contributed by atoms with van der Waals surface area (Å²) in [5.74, 6) is 1.72. The van der Waals surface area contributed by atoms with Crippen LogP contribution in [0.2, 0.25) is 0 Å². The first kappa shape index (κ1) is 15.0. The van der Waals surface area contributed by atoms with Crippen LogP contribution in [-0.4, -0.2) is 36.8 Å². The van der Waals surface area contributed by atoms with Crippen LogP contribution in [-0.2, 0) is 0 Å². The fraction of sp³-hybridized carbons (Fsp3) is 0.529. The van der Waals surface area contributed by atoms with Gasteiger partial charge in [0.2, 0.25) is 0 Å². The molecule has 118 valence electrons. The summed E-state index contributed by atoms with van der Waals surface area (Å²) in [4.78, 5) is 8.95. The molecule has 1 aromatic heterocycles. The highest BCUT2D eigenvalue weighted by Gasteiger charge is 2.14. The Bertz CT molecular complexity index is 612. The molecule has 3 rings (SSSR count). The molecule has 2 heterocycles. The Balaban J connectivity index is 1.58. The van der Waals surface area contributed by atoms with Gasteiger partial charge in [-0.05, 0) is 56.8 Å². The van der Waals surface area contributed by atoms with Crippen LogP contribution in [0.3, 0.4) is 0 Å². The van der Waals surface area contributed by atoms with Crippen molar-refractivity contribution in [1.29, 1.82) is 0 Å². The minimum atomic E-state index is 0.457.